The van der Waals surface area contributed by atoms with Gasteiger partial charge in [-0.15, -0.1) is 0 Å². The van der Waals surface area contributed by atoms with Gasteiger partial charge >= 0.3 is 24.4 Å². The Bertz CT molecular complexity index is 1460. The summed E-state index contributed by atoms with van der Waals surface area (Å²) in [5, 5.41) is 8.40. The highest BCUT2D eigenvalue weighted by Gasteiger charge is 2.42. The standard InChI is InChI=1S/C27H29F3N6O/c1-17-11-34(12-17)13-18-9-22(27(28,29)30)23-15-35(26(37)36(23)14-18)21-8-4-7-20(10-21)24(19-5-3-6-19)25-32-31-16-33(25)2/h4,7-10,14-17,19,24H,3,5-6,11-13H2,1-2H3/q+1/t24-/m1/s1. The number of azo groups is 1. The van der Waals surface area contributed by atoms with Crippen LogP contribution in [0.25, 0.3) is 11.2 Å². The first-order valence-electron chi connectivity index (χ1n) is 12.7. The molecule has 193 valence electrons. The second-order valence-corrected chi connectivity index (χ2v) is 10.7. The van der Waals surface area contributed by atoms with E-state index in [0.717, 1.165) is 48.5 Å². The number of likely N-dealkylation sites (N-methyl/N-ethyl adjacent to an activating group) is 1. The summed E-state index contributed by atoms with van der Waals surface area (Å²) >= 11 is 0. The van der Waals surface area contributed by atoms with Crippen molar-refractivity contribution in [3.63, 3.8) is 0 Å². The molecule has 1 radical (unpaired) electrons. The number of rotatable bonds is 6. The normalized spacial score (nSPS) is 20.3. The van der Waals surface area contributed by atoms with E-state index in [1.54, 1.807) is 18.6 Å². The van der Waals surface area contributed by atoms with Crippen LogP contribution in [0.4, 0.5) is 13.2 Å². The van der Waals surface area contributed by atoms with Crippen molar-refractivity contribution in [2.75, 3.05) is 20.1 Å². The third kappa shape index (κ3) is 4.31. The van der Waals surface area contributed by atoms with Gasteiger partial charge in [0.15, 0.2) is 0 Å². The number of hydrogen-bond acceptors (Lipinski definition) is 4. The highest BCUT2D eigenvalue weighted by atomic mass is 19.4. The van der Waals surface area contributed by atoms with Crippen LogP contribution in [-0.4, -0.2) is 44.9 Å². The Labute approximate surface area is 212 Å². The lowest BCUT2D eigenvalue weighted by Gasteiger charge is -2.37. The van der Waals surface area contributed by atoms with Crippen LogP contribution < -0.4 is 5.69 Å². The Hall–Kier alpha value is -3.27. The quantitative estimate of drug-likeness (QED) is 0.435. The van der Waals surface area contributed by atoms with E-state index in [4.69, 9.17) is 0 Å². The van der Waals surface area contributed by atoms with Crippen molar-refractivity contribution in [1.82, 2.24) is 13.9 Å². The number of benzene rings is 1. The largest absolute Gasteiger partial charge is 0.418 e. The number of pyridine rings is 1. The molecule has 1 saturated carbocycles. The van der Waals surface area contributed by atoms with E-state index in [-0.39, 0.29) is 11.4 Å². The highest BCUT2D eigenvalue weighted by molar-refractivity contribution is 5.58. The van der Waals surface area contributed by atoms with Gasteiger partial charge in [-0.1, -0.05) is 25.5 Å². The van der Waals surface area contributed by atoms with Gasteiger partial charge in [0, 0.05) is 32.0 Å². The molecule has 1 aliphatic carbocycles. The first kappa shape index (κ1) is 24.1. The summed E-state index contributed by atoms with van der Waals surface area (Å²) in [5.41, 5.74) is 0.528. The number of alkyl halides is 3. The molecule has 2 aliphatic heterocycles. The summed E-state index contributed by atoms with van der Waals surface area (Å²) in [6.45, 7) is 4.18. The molecule has 1 atom stereocenters. The molecule has 1 aromatic carbocycles. The monoisotopic (exact) mass is 510 g/mol. The van der Waals surface area contributed by atoms with Gasteiger partial charge in [-0.05, 0) is 59.1 Å². The zero-order chi connectivity index (χ0) is 25.9. The maximum atomic E-state index is 14.1. The molecule has 2 fully saturated rings. The van der Waals surface area contributed by atoms with Crippen LogP contribution in [0.5, 0.6) is 0 Å². The summed E-state index contributed by atoms with van der Waals surface area (Å²) in [7, 11) is 1.91. The first-order valence-corrected chi connectivity index (χ1v) is 12.7. The van der Waals surface area contributed by atoms with Crippen LogP contribution in [0.3, 0.4) is 0 Å². The van der Waals surface area contributed by atoms with Gasteiger partial charge in [0.25, 0.3) is 0 Å². The van der Waals surface area contributed by atoms with Gasteiger partial charge in [-0.2, -0.15) is 13.2 Å². The summed E-state index contributed by atoms with van der Waals surface area (Å²) in [4.78, 5) is 15.6. The minimum atomic E-state index is -4.58. The van der Waals surface area contributed by atoms with E-state index in [2.05, 4.69) is 22.1 Å². The lowest BCUT2D eigenvalue weighted by atomic mass is 9.71. The summed E-state index contributed by atoms with van der Waals surface area (Å²) < 4.78 is 46.6. The molecule has 4 heterocycles. The zero-order valence-electron chi connectivity index (χ0n) is 20.8. The highest BCUT2D eigenvalue weighted by Crippen LogP contribution is 2.46. The van der Waals surface area contributed by atoms with Crippen LogP contribution in [0.1, 0.15) is 48.8 Å². The van der Waals surface area contributed by atoms with Gasteiger partial charge < -0.3 is 0 Å². The summed E-state index contributed by atoms with van der Waals surface area (Å²) in [6.07, 6.45) is 4.10. The topological polar surface area (TPSA) is 57.4 Å². The minimum Gasteiger partial charge on any atom is -0.298 e. The van der Waals surface area contributed by atoms with E-state index < -0.39 is 17.4 Å². The van der Waals surface area contributed by atoms with Gasteiger partial charge in [0.05, 0.1) is 34.8 Å². The molecule has 0 amide bonds. The van der Waals surface area contributed by atoms with E-state index in [1.807, 2.05) is 29.8 Å². The number of likely N-dealkylation sites (tertiary alicyclic amines) is 1. The fourth-order valence-electron chi connectivity index (χ4n) is 5.81. The number of hydrogen-bond donors (Lipinski definition) is 0. The maximum Gasteiger partial charge on any atom is 0.418 e. The lowest BCUT2D eigenvalue weighted by molar-refractivity contribution is -0.480. The van der Waals surface area contributed by atoms with Crippen LogP contribution in [-0.2, 0) is 12.7 Å². The van der Waals surface area contributed by atoms with E-state index in [1.165, 1.54) is 16.8 Å². The van der Waals surface area contributed by atoms with Crippen molar-refractivity contribution in [3.05, 3.63) is 76.1 Å². The number of halogens is 3. The van der Waals surface area contributed by atoms with E-state index in [9.17, 15) is 18.0 Å². The summed E-state index contributed by atoms with van der Waals surface area (Å²) in [5.74, 6) is 0.948. The molecule has 37 heavy (non-hydrogen) atoms. The Morgan fingerprint density at radius 1 is 1.16 bits per heavy atom. The SMILES string of the molecule is CC1CN(Cc2cc(C(F)(F)F)c3cn(-c4cccc([C@H]([C]5N=NC=[N+]5C)C5CCC5)c4)c(=O)n3c2)C1. The smallest absolute Gasteiger partial charge is 0.298 e. The van der Waals surface area contributed by atoms with Crippen molar-refractivity contribution in [2.24, 2.45) is 22.1 Å². The molecule has 1 saturated heterocycles. The Morgan fingerprint density at radius 3 is 2.57 bits per heavy atom. The van der Waals surface area contributed by atoms with Crippen LogP contribution in [0.2, 0.25) is 0 Å². The average Bonchev–Trinajstić information content (AvgIpc) is 3.37. The molecule has 0 unspecified atom stereocenters. The third-order valence-electron chi connectivity index (χ3n) is 7.83. The number of nitrogens with zero attached hydrogens (tertiary/aromatic N) is 6. The molecule has 2 aromatic heterocycles. The number of imidazole rings is 1. The Kier molecular flexibility index (Phi) is 5.82. The van der Waals surface area contributed by atoms with Crippen molar-refractivity contribution < 1.29 is 17.7 Å². The Morgan fingerprint density at radius 2 is 1.95 bits per heavy atom. The first-order chi connectivity index (χ1) is 17.7. The predicted octanol–water partition coefficient (Wildman–Crippen LogP) is 5.07. The second kappa shape index (κ2) is 8.93. The van der Waals surface area contributed by atoms with Crippen molar-refractivity contribution >= 4 is 11.9 Å². The number of aromatic nitrogens is 2. The van der Waals surface area contributed by atoms with E-state index >= 15 is 0 Å². The van der Waals surface area contributed by atoms with Crippen molar-refractivity contribution in [1.29, 1.82) is 0 Å². The molecule has 3 aliphatic rings. The second-order valence-electron chi connectivity index (χ2n) is 10.7. The van der Waals surface area contributed by atoms with Gasteiger partial charge in [0.1, 0.15) is 0 Å². The van der Waals surface area contributed by atoms with Gasteiger partial charge in [0.2, 0.25) is 0 Å². The lowest BCUT2D eigenvalue weighted by Crippen LogP contribution is -2.44. The van der Waals surface area contributed by atoms with Gasteiger partial charge in [-0.25, -0.2) is 9.37 Å². The molecule has 0 bridgehead atoms. The fraction of sp³-hybridized carbons (Fsp3) is 0.444. The van der Waals surface area contributed by atoms with Crippen LogP contribution in [0.15, 0.2) is 57.7 Å². The van der Waals surface area contributed by atoms with Crippen LogP contribution in [0, 0.1) is 18.0 Å². The molecule has 0 spiro atoms. The molecular weight excluding hydrogens is 481 g/mol. The molecular formula is C27H29F3N6O+. The third-order valence-corrected chi connectivity index (χ3v) is 7.83. The molecule has 7 nitrogen and oxygen atoms in total. The molecule has 6 rings (SSSR count). The van der Waals surface area contributed by atoms with Crippen molar-refractivity contribution in [2.45, 2.75) is 44.8 Å². The molecule has 3 aromatic rings. The summed E-state index contributed by atoms with van der Waals surface area (Å²) in [6, 6.07) is 8.68. The van der Waals surface area contributed by atoms with Gasteiger partial charge in [-0.3, -0.25) is 13.9 Å². The molecule has 10 heteroatoms. The number of fused-ring (bicyclic) bond motifs is 1. The van der Waals surface area contributed by atoms with Crippen LogP contribution >= 0.6 is 0 Å². The zero-order valence-corrected chi connectivity index (χ0v) is 20.8. The maximum absolute atomic E-state index is 14.1. The average molecular weight is 511 g/mol. The van der Waals surface area contributed by atoms with Crippen molar-refractivity contribution in [3.8, 4) is 5.69 Å². The predicted molar refractivity (Wildman–Crippen MR) is 133 cm³/mol. The fourth-order valence-corrected chi connectivity index (χ4v) is 5.81. The minimum absolute atomic E-state index is 0.00481. The van der Waals surface area contributed by atoms with E-state index in [0.29, 0.717) is 29.6 Å². The Balaban J connectivity index is 1.42. The molecule has 0 N–H and O–H groups in total.